The van der Waals surface area contributed by atoms with Crippen molar-refractivity contribution in [1.29, 1.82) is 0 Å². The van der Waals surface area contributed by atoms with E-state index in [1.54, 1.807) is 0 Å². The Kier molecular flexibility index (Phi) is 4.38. The third-order valence-corrected chi connectivity index (χ3v) is 3.44. The van der Waals surface area contributed by atoms with Crippen molar-refractivity contribution in [2.75, 3.05) is 11.4 Å². The summed E-state index contributed by atoms with van der Waals surface area (Å²) in [5, 5.41) is 0.536. The minimum Gasteiger partial charge on any atom is -0.352 e. The van der Waals surface area contributed by atoms with Gasteiger partial charge in [0.15, 0.2) is 0 Å². The van der Waals surface area contributed by atoms with E-state index in [2.05, 4.69) is 33.9 Å². The fourth-order valence-electron chi connectivity index (χ4n) is 2.03. The molecular formula is C15H18ClN3. The first-order chi connectivity index (χ1) is 9.11. The molecule has 0 atom stereocenters. The molecule has 0 unspecified atom stereocenters. The lowest BCUT2D eigenvalue weighted by Crippen LogP contribution is -2.24. The van der Waals surface area contributed by atoms with E-state index in [1.807, 2.05) is 32.0 Å². The van der Waals surface area contributed by atoms with Crippen LogP contribution in [0.2, 0.25) is 5.15 Å². The fourth-order valence-corrected chi connectivity index (χ4v) is 2.24. The third kappa shape index (κ3) is 3.24. The van der Waals surface area contributed by atoms with Gasteiger partial charge in [-0.15, -0.1) is 0 Å². The summed E-state index contributed by atoms with van der Waals surface area (Å²) in [4.78, 5) is 10.9. The zero-order valence-corrected chi connectivity index (χ0v) is 12.3. The van der Waals surface area contributed by atoms with E-state index < -0.39 is 0 Å². The lowest BCUT2D eigenvalue weighted by molar-refractivity contribution is 0.798. The number of aryl methyl sites for hydroxylation is 1. The summed E-state index contributed by atoms with van der Waals surface area (Å²) in [5.41, 5.74) is 2.20. The van der Waals surface area contributed by atoms with E-state index >= 15 is 0 Å². The monoisotopic (exact) mass is 275 g/mol. The van der Waals surface area contributed by atoms with Gasteiger partial charge >= 0.3 is 0 Å². The quantitative estimate of drug-likeness (QED) is 0.796. The first kappa shape index (κ1) is 13.8. The normalized spacial score (nSPS) is 10.5. The van der Waals surface area contributed by atoms with E-state index in [0.29, 0.717) is 11.0 Å². The van der Waals surface area contributed by atoms with Gasteiger partial charge in [-0.3, -0.25) is 0 Å². The first-order valence-corrected chi connectivity index (χ1v) is 6.79. The van der Waals surface area contributed by atoms with Crippen LogP contribution in [-0.2, 0) is 6.54 Å². The Labute approximate surface area is 119 Å². The Balaban J connectivity index is 2.32. The van der Waals surface area contributed by atoms with Crippen LogP contribution in [0.3, 0.4) is 0 Å². The number of hydrogen-bond acceptors (Lipinski definition) is 3. The lowest BCUT2D eigenvalue weighted by Gasteiger charge is -2.24. The highest BCUT2D eigenvalue weighted by Crippen LogP contribution is 2.24. The Morgan fingerprint density at radius 1 is 1.11 bits per heavy atom. The average Bonchev–Trinajstić information content (AvgIpc) is 2.41. The van der Waals surface area contributed by atoms with Crippen LogP contribution < -0.4 is 4.90 Å². The lowest BCUT2D eigenvalue weighted by atomic mass is 10.2. The van der Waals surface area contributed by atoms with Gasteiger partial charge in [0.2, 0.25) is 0 Å². The Bertz CT molecular complexity index is 555. The molecule has 3 nitrogen and oxygen atoms in total. The maximum atomic E-state index is 6.15. The maximum Gasteiger partial charge on any atom is 0.137 e. The van der Waals surface area contributed by atoms with Crippen molar-refractivity contribution in [2.24, 2.45) is 0 Å². The molecule has 0 radical (unpaired) electrons. The largest absolute Gasteiger partial charge is 0.352 e. The molecule has 1 aromatic heterocycles. The molecule has 4 heteroatoms. The minimum atomic E-state index is 0.536. The van der Waals surface area contributed by atoms with Crippen molar-refractivity contribution < 1.29 is 0 Å². The van der Waals surface area contributed by atoms with Crippen molar-refractivity contribution in [3.8, 4) is 0 Å². The smallest absolute Gasteiger partial charge is 0.137 e. The predicted molar refractivity (Wildman–Crippen MR) is 79.7 cm³/mol. The average molecular weight is 276 g/mol. The number of nitrogens with zero attached hydrogens (tertiary/aromatic N) is 3. The van der Waals surface area contributed by atoms with Crippen molar-refractivity contribution in [1.82, 2.24) is 9.97 Å². The molecule has 2 rings (SSSR count). The summed E-state index contributed by atoms with van der Waals surface area (Å²) in [5.74, 6) is 1.63. The molecular weight excluding hydrogens is 258 g/mol. The number of rotatable bonds is 4. The molecule has 100 valence electrons. The molecule has 0 aliphatic rings. The van der Waals surface area contributed by atoms with Gasteiger partial charge in [0.25, 0.3) is 0 Å². The van der Waals surface area contributed by atoms with Gasteiger partial charge < -0.3 is 4.90 Å². The van der Waals surface area contributed by atoms with Gasteiger partial charge in [-0.05, 0) is 26.3 Å². The van der Waals surface area contributed by atoms with Crippen LogP contribution >= 0.6 is 11.6 Å². The zero-order valence-electron chi connectivity index (χ0n) is 11.5. The van der Waals surface area contributed by atoms with Crippen LogP contribution in [-0.4, -0.2) is 16.5 Å². The van der Waals surface area contributed by atoms with Crippen molar-refractivity contribution in [3.05, 3.63) is 52.4 Å². The molecule has 0 saturated carbocycles. The molecule has 1 aromatic carbocycles. The second kappa shape index (κ2) is 6.02. The highest BCUT2D eigenvalue weighted by atomic mass is 35.5. The Morgan fingerprint density at radius 3 is 2.42 bits per heavy atom. The summed E-state index contributed by atoms with van der Waals surface area (Å²) in [7, 11) is 0. The first-order valence-electron chi connectivity index (χ1n) is 6.41. The number of halogens is 1. The topological polar surface area (TPSA) is 29.0 Å². The predicted octanol–water partition coefficient (Wildman–Crippen LogP) is 3.77. The molecule has 0 bridgehead atoms. The summed E-state index contributed by atoms with van der Waals surface area (Å²) >= 11 is 6.15. The highest BCUT2D eigenvalue weighted by Gasteiger charge is 2.13. The van der Waals surface area contributed by atoms with E-state index in [1.165, 1.54) is 5.56 Å². The van der Waals surface area contributed by atoms with E-state index in [0.717, 1.165) is 24.5 Å². The van der Waals surface area contributed by atoms with Gasteiger partial charge in [0.1, 0.15) is 16.8 Å². The molecule has 0 saturated heterocycles. The van der Waals surface area contributed by atoms with Crippen LogP contribution in [0.5, 0.6) is 0 Å². The minimum absolute atomic E-state index is 0.536. The maximum absolute atomic E-state index is 6.15. The van der Waals surface area contributed by atoms with Gasteiger partial charge in [-0.1, -0.05) is 41.9 Å². The Morgan fingerprint density at radius 2 is 1.79 bits per heavy atom. The molecule has 19 heavy (non-hydrogen) atoms. The van der Waals surface area contributed by atoms with Crippen molar-refractivity contribution >= 4 is 17.4 Å². The molecule has 0 aliphatic heterocycles. The van der Waals surface area contributed by atoms with Crippen LogP contribution in [0.1, 0.15) is 23.9 Å². The second-order valence-corrected chi connectivity index (χ2v) is 4.87. The molecule has 0 fully saturated rings. The summed E-state index contributed by atoms with van der Waals surface area (Å²) < 4.78 is 0. The summed E-state index contributed by atoms with van der Waals surface area (Å²) in [6.07, 6.45) is 0. The standard InChI is InChI=1S/C15H18ClN3/c1-4-19(10-13-8-6-5-7-9-13)15-11(2)14(16)17-12(3)18-15/h5-9H,4,10H2,1-3H3. The van der Waals surface area contributed by atoms with Crippen LogP contribution in [0.15, 0.2) is 30.3 Å². The summed E-state index contributed by atoms with van der Waals surface area (Å²) in [6, 6.07) is 10.4. The van der Waals surface area contributed by atoms with Gasteiger partial charge in [-0.25, -0.2) is 9.97 Å². The zero-order chi connectivity index (χ0) is 13.8. The number of benzene rings is 1. The number of aromatic nitrogens is 2. The highest BCUT2D eigenvalue weighted by molar-refractivity contribution is 6.30. The van der Waals surface area contributed by atoms with Crippen LogP contribution in [0, 0.1) is 13.8 Å². The second-order valence-electron chi connectivity index (χ2n) is 4.51. The SMILES string of the molecule is CCN(Cc1ccccc1)c1nc(C)nc(Cl)c1C. The molecule has 0 spiro atoms. The molecule has 0 N–H and O–H groups in total. The van der Waals surface area contributed by atoms with E-state index in [9.17, 15) is 0 Å². The molecule has 2 aromatic rings. The Hall–Kier alpha value is -1.61. The summed E-state index contributed by atoms with van der Waals surface area (Å²) in [6.45, 7) is 7.65. The van der Waals surface area contributed by atoms with Crippen molar-refractivity contribution in [2.45, 2.75) is 27.3 Å². The van der Waals surface area contributed by atoms with Crippen LogP contribution in [0.4, 0.5) is 5.82 Å². The van der Waals surface area contributed by atoms with E-state index in [-0.39, 0.29) is 0 Å². The van der Waals surface area contributed by atoms with Gasteiger partial charge in [-0.2, -0.15) is 0 Å². The molecule has 1 heterocycles. The van der Waals surface area contributed by atoms with E-state index in [4.69, 9.17) is 11.6 Å². The van der Waals surface area contributed by atoms with Gasteiger partial charge in [0.05, 0.1) is 0 Å². The van der Waals surface area contributed by atoms with Crippen LogP contribution in [0.25, 0.3) is 0 Å². The third-order valence-electron chi connectivity index (χ3n) is 3.07. The number of anilines is 1. The van der Waals surface area contributed by atoms with Crippen molar-refractivity contribution in [3.63, 3.8) is 0 Å². The molecule has 0 aliphatic carbocycles. The fraction of sp³-hybridized carbons (Fsp3) is 0.333. The number of hydrogen-bond donors (Lipinski definition) is 0. The molecule has 0 amide bonds. The van der Waals surface area contributed by atoms with Gasteiger partial charge in [0, 0.05) is 18.7 Å².